The first-order valence-corrected chi connectivity index (χ1v) is 7.32. The van der Waals surface area contributed by atoms with E-state index in [2.05, 4.69) is 15.0 Å². The molecule has 1 aromatic heterocycles. The molecule has 1 aliphatic rings. The van der Waals surface area contributed by atoms with E-state index >= 15 is 0 Å². The molecule has 1 heterocycles. The molecule has 5 nitrogen and oxygen atoms in total. The summed E-state index contributed by atoms with van der Waals surface area (Å²) in [6, 6.07) is 0.542. The molecule has 1 fully saturated rings. The smallest absolute Gasteiger partial charge is 0.235 e. The summed E-state index contributed by atoms with van der Waals surface area (Å²) >= 11 is 1.28. The molecule has 0 radical (unpaired) electrons. The van der Waals surface area contributed by atoms with Crippen molar-refractivity contribution in [2.24, 2.45) is 0 Å². The van der Waals surface area contributed by atoms with E-state index in [1.165, 1.54) is 24.2 Å². The number of rotatable bonds is 6. The zero-order chi connectivity index (χ0) is 10.7. The standard InChI is InChI=1S/C8H13N3O2S2/c12-15(13,6-4-9-7-1-2-7)11-8-10-3-5-14-8/h3,5,7,9H,1-2,4,6H2,(H,10,11). The van der Waals surface area contributed by atoms with E-state index in [0.717, 1.165) is 0 Å². The Morgan fingerprint density at radius 1 is 1.53 bits per heavy atom. The van der Waals surface area contributed by atoms with Gasteiger partial charge in [-0.1, -0.05) is 0 Å². The number of nitrogens with one attached hydrogen (secondary N) is 2. The molecular formula is C8H13N3O2S2. The average molecular weight is 247 g/mol. The van der Waals surface area contributed by atoms with Crippen LogP contribution in [-0.4, -0.2) is 31.7 Å². The third kappa shape index (κ3) is 3.77. The van der Waals surface area contributed by atoms with E-state index in [1.54, 1.807) is 11.6 Å². The summed E-state index contributed by atoms with van der Waals surface area (Å²) in [6.45, 7) is 0.505. The molecule has 0 bridgehead atoms. The van der Waals surface area contributed by atoms with E-state index in [-0.39, 0.29) is 5.75 Å². The summed E-state index contributed by atoms with van der Waals surface area (Å²) in [7, 11) is -3.24. The lowest BCUT2D eigenvalue weighted by Crippen LogP contribution is -2.27. The van der Waals surface area contributed by atoms with Gasteiger partial charge < -0.3 is 5.32 Å². The number of hydrogen-bond acceptors (Lipinski definition) is 5. The van der Waals surface area contributed by atoms with E-state index in [4.69, 9.17) is 0 Å². The molecule has 1 aromatic rings. The number of anilines is 1. The fourth-order valence-electron chi connectivity index (χ4n) is 1.14. The first kappa shape index (κ1) is 10.8. The van der Waals surface area contributed by atoms with Crippen molar-refractivity contribution >= 4 is 26.5 Å². The fraction of sp³-hybridized carbons (Fsp3) is 0.625. The van der Waals surface area contributed by atoms with Crippen LogP contribution < -0.4 is 10.0 Å². The monoisotopic (exact) mass is 247 g/mol. The number of hydrogen-bond donors (Lipinski definition) is 2. The zero-order valence-electron chi connectivity index (χ0n) is 8.14. The summed E-state index contributed by atoms with van der Waals surface area (Å²) in [4.78, 5) is 3.86. The van der Waals surface area contributed by atoms with Gasteiger partial charge in [-0.3, -0.25) is 4.72 Å². The Morgan fingerprint density at radius 3 is 2.93 bits per heavy atom. The number of thiazole rings is 1. The van der Waals surface area contributed by atoms with Crippen molar-refractivity contribution in [1.82, 2.24) is 10.3 Å². The van der Waals surface area contributed by atoms with Gasteiger partial charge in [-0.05, 0) is 12.8 Å². The minimum Gasteiger partial charge on any atom is -0.313 e. The molecule has 0 aromatic carbocycles. The Morgan fingerprint density at radius 2 is 2.33 bits per heavy atom. The van der Waals surface area contributed by atoms with Crippen molar-refractivity contribution in [2.75, 3.05) is 17.0 Å². The second-order valence-corrected chi connectivity index (χ2v) is 6.22. The van der Waals surface area contributed by atoms with Crippen molar-refractivity contribution in [2.45, 2.75) is 18.9 Å². The van der Waals surface area contributed by atoms with Gasteiger partial charge >= 0.3 is 0 Å². The summed E-state index contributed by atoms with van der Waals surface area (Å²) in [5.74, 6) is 0.100. The minimum absolute atomic E-state index is 0.100. The Kier molecular flexibility index (Phi) is 3.22. The Labute approximate surface area is 93.0 Å². The average Bonchev–Trinajstić information content (AvgIpc) is 2.83. The van der Waals surface area contributed by atoms with Gasteiger partial charge in [-0.2, -0.15) is 0 Å². The molecule has 0 spiro atoms. The van der Waals surface area contributed by atoms with Gasteiger partial charge in [0.15, 0.2) is 5.13 Å². The Balaban J connectivity index is 1.78. The van der Waals surface area contributed by atoms with E-state index in [1.807, 2.05) is 0 Å². The van der Waals surface area contributed by atoms with Crippen LogP contribution in [0.4, 0.5) is 5.13 Å². The molecule has 1 aliphatic carbocycles. The molecule has 2 rings (SSSR count). The molecule has 1 saturated carbocycles. The number of nitrogens with zero attached hydrogens (tertiary/aromatic N) is 1. The van der Waals surface area contributed by atoms with Crippen LogP contribution in [0.3, 0.4) is 0 Å². The summed E-state index contributed by atoms with van der Waals surface area (Å²) in [5.41, 5.74) is 0. The minimum atomic E-state index is -3.24. The van der Waals surface area contributed by atoms with Crippen LogP contribution >= 0.6 is 11.3 Å². The lowest BCUT2D eigenvalue weighted by molar-refractivity contribution is 0.595. The maximum atomic E-state index is 11.5. The van der Waals surface area contributed by atoms with Crippen LogP contribution in [0.25, 0.3) is 0 Å². The molecule has 2 N–H and O–H groups in total. The van der Waals surface area contributed by atoms with Crippen molar-refractivity contribution in [3.63, 3.8) is 0 Å². The fourth-order valence-corrected chi connectivity index (χ4v) is 2.90. The molecule has 0 atom stereocenters. The molecule has 0 aliphatic heterocycles. The van der Waals surface area contributed by atoms with Gasteiger partial charge in [0.2, 0.25) is 10.0 Å². The van der Waals surface area contributed by atoms with Crippen LogP contribution in [0.2, 0.25) is 0 Å². The molecule has 0 amide bonds. The van der Waals surface area contributed by atoms with Crippen LogP contribution in [0, 0.1) is 0 Å². The predicted molar refractivity (Wildman–Crippen MR) is 60.5 cm³/mol. The third-order valence-corrected chi connectivity index (χ3v) is 4.12. The molecule has 0 saturated heterocycles. The SMILES string of the molecule is O=S(=O)(CCNC1CC1)Nc1nccs1. The third-order valence-electron chi connectivity index (χ3n) is 2.06. The Bertz CT molecular complexity index is 398. The molecule has 15 heavy (non-hydrogen) atoms. The van der Waals surface area contributed by atoms with E-state index in [9.17, 15) is 8.42 Å². The maximum Gasteiger partial charge on any atom is 0.235 e. The summed E-state index contributed by atoms with van der Waals surface area (Å²) in [5, 5.41) is 5.32. The largest absolute Gasteiger partial charge is 0.313 e. The van der Waals surface area contributed by atoms with Gasteiger partial charge in [0.25, 0.3) is 0 Å². The van der Waals surface area contributed by atoms with Crippen molar-refractivity contribution in [3.05, 3.63) is 11.6 Å². The van der Waals surface area contributed by atoms with Crippen molar-refractivity contribution in [1.29, 1.82) is 0 Å². The van der Waals surface area contributed by atoms with Crippen LogP contribution in [0.5, 0.6) is 0 Å². The number of sulfonamides is 1. The van der Waals surface area contributed by atoms with E-state index in [0.29, 0.717) is 17.7 Å². The molecule has 84 valence electrons. The van der Waals surface area contributed by atoms with E-state index < -0.39 is 10.0 Å². The number of aromatic nitrogens is 1. The highest BCUT2D eigenvalue weighted by Crippen LogP contribution is 2.18. The van der Waals surface area contributed by atoms with Crippen LogP contribution in [0.1, 0.15) is 12.8 Å². The Hall–Kier alpha value is -0.660. The highest BCUT2D eigenvalue weighted by molar-refractivity contribution is 7.92. The first-order valence-electron chi connectivity index (χ1n) is 4.79. The molecular weight excluding hydrogens is 234 g/mol. The molecule has 7 heteroatoms. The summed E-state index contributed by atoms with van der Waals surface area (Å²) < 4.78 is 25.5. The molecule has 0 unspecified atom stereocenters. The highest BCUT2D eigenvalue weighted by atomic mass is 32.2. The van der Waals surface area contributed by atoms with Crippen LogP contribution in [-0.2, 0) is 10.0 Å². The lowest BCUT2D eigenvalue weighted by Gasteiger charge is -2.05. The normalized spacial score (nSPS) is 16.5. The predicted octanol–water partition coefficient (Wildman–Crippen LogP) is 0.637. The highest BCUT2D eigenvalue weighted by Gasteiger charge is 2.21. The van der Waals surface area contributed by atoms with Gasteiger partial charge in [0, 0.05) is 24.2 Å². The quantitative estimate of drug-likeness (QED) is 0.774. The van der Waals surface area contributed by atoms with Gasteiger partial charge in [-0.15, -0.1) is 11.3 Å². The maximum absolute atomic E-state index is 11.5. The first-order chi connectivity index (χ1) is 7.16. The second-order valence-electron chi connectivity index (χ2n) is 3.49. The lowest BCUT2D eigenvalue weighted by atomic mass is 10.6. The zero-order valence-corrected chi connectivity index (χ0v) is 9.77. The van der Waals surface area contributed by atoms with Crippen molar-refractivity contribution < 1.29 is 8.42 Å². The van der Waals surface area contributed by atoms with Gasteiger partial charge in [0.1, 0.15) is 0 Å². The topological polar surface area (TPSA) is 71.1 Å². The van der Waals surface area contributed by atoms with Gasteiger partial charge in [0.05, 0.1) is 5.75 Å². The van der Waals surface area contributed by atoms with Crippen molar-refractivity contribution in [3.8, 4) is 0 Å². The van der Waals surface area contributed by atoms with Crippen LogP contribution in [0.15, 0.2) is 11.6 Å². The summed E-state index contributed by atoms with van der Waals surface area (Å²) in [6.07, 6.45) is 3.91. The second kappa shape index (κ2) is 4.46. The van der Waals surface area contributed by atoms with Gasteiger partial charge in [-0.25, -0.2) is 13.4 Å².